The number of hydrogen-bond acceptors (Lipinski definition) is 3. The molecule has 3 N–H and O–H groups in total. The van der Waals surface area contributed by atoms with Gasteiger partial charge in [-0.15, -0.1) is 0 Å². The minimum atomic E-state index is -1.47. The Labute approximate surface area is 101 Å². The van der Waals surface area contributed by atoms with Crippen LogP contribution >= 0.6 is 0 Å². The molecule has 0 saturated carbocycles. The van der Waals surface area contributed by atoms with Gasteiger partial charge in [-0.3, -0.25) is 4.79 Å². The first-order valence-corrected chi connectivity index (χ1v) is 5.51. The number of carboxylic acid groups (broad SMARTS) is 1. The lowest BCUT2D eigenvalue weighted by Crippen LogP contribution is -2.46. The predicted octanol–water partition coefficient (Wildman–Crippen LogP) is 2.10. The fourth-order valence-corrected chi connectivity index (χ4v) is 1.92. The highest BCUT2D eigenvalue weighted by Gasteiger charge is 2.49. The van der Waals surface area contributed by atoms with Crippen LogP contribution in [0.15, 0.2) is 24.3 Å². The number of phenols is 1. The first-order chi connectivity index (χ1) is 7.75. The van der Waals surface area contributed by atoms with Crippen LogP contribution in [0.1, 0.15) is 32.8 Å². The molecule has 1 atom stereocenters. The van der Waals surface area contributed by atoms with E-state index in [1.165, 1.54) is 26.0 Å². The molecular formula is C13H18O4. The summed E-state index contributed by atoms with van der Waals surface area (Å²) in [5, 5.41) is 29.0. The number of rotatable bonds is 4. The van der Waals surface area contributed by atoms with Gasteiger partial charge >= 0.3 is 5.97 Å². The second kappa shape index (κ2) is 4.37. The predicted molar refractivity (Wildman–Crippen MR) is 63.7 cm³/mol. The van der Waals surface area contributed by atoms with Crippen molar-refractivity contribution in [1.29, 1.82) is 0 Å². The molecule has 1 aromatic carbocycles. The summed E-state index contributed by atoms with van der Waals surface area (Å²) in [6.45, 7) is 4.72. The Morgan fingerprint density at radius 1 is 1.24 bits per heavy atom. The summed E-state index contributed by atoms with van der Waals surface area (Å²) in [6.07, 6.45) is 0.275. The van der Waals surface area contributed by atoms with E-state index in [1.807, 2.05) is 0 Å². The molecule has 4 nitrogen and oxygen atoms in total. The van der Waals surface area contributed by atoms with Crippen molar-refractivity contribution in [2.24, 2.45) is 5.41 Å². The van der Waals surface area contributed by atoms with Gasteiger partial charge in [0.15, 0.2) is 0 Å². The van der Waals surface area contributed by atoms with Crippen molar-refractivity contribution in [3.8, 4) is 5.75 Å². The van der Waals surface area contributed by atoms with Gasteiger partial charge in [0.2, 0.25) is 0 Å². The third-order valence-corrected chi connectivity index (χ3v) is 3.43. The average molecular weight is 238 g/mol. The Morgan fingerprint density at radius 3 is 2.06 bits per heavy atom. The van der Waals surface area contributed by atoms with Crippen molar-refractivity contribution in [3.63, 3.8) is 0 Å². The van der Waals surface area contributed by atoms with Gasteiger partial charge in [0.1, 0.15) is 11.4 Å². The van der Waals surface area contributed by atoms with E-state index >= 15 is 0 Å². The van der Waals surface area contributed by atoms with Crippen molar-refractivity contribution in [2.45, 2.75) is 32.8 Å². The van der Waals surface area contributed by atoms with Crippen LogP contribution in [0.25, 0.3) is 0 Å². The van der Waals surface area contributed by atoms with Crippen LogP contribution in [0.3, 0.4) is 0 Å². The smallest absolute Gasteiger partial charge is 0.312 e. The molecule has 0 saturated heterocycles. The maximum absolute atomic E-state index is 11.3. The third kappa shape index (κ3) is 2.13. The number of carbonyl (C=O) groups is 1. The number of aliphatic carboxylic acids is 1. The SMILES string of the molecule is CCC(O)(c1ccc(O)cc1)C(C)(C)C(=O)O. The standard InChI is InChI=1S/C13H18O4/c1-4-13(17,12(2,3)11(15)16)9-5-7-10(14)8-6-9/h5-8,14,17H,4H2,1-3H3,(H,15,16). The number of benzene rings is 1. The van der Waals surface area contributed by atoms with Gasteiger partial charge in [0.05, 0.1) is 5.41 Å². The zero-order valence-corrected chi connectivity index (χ0v) is 10.3. The highest BCUT2D eigenvalue weighted by molar-refractivity contribution is 5.75. The number of phenolic OH excluding ortho intramolecular Hbond substituents is 1. The van der Waals surface area contributed by atoms with E-state index in [2.05, 4.69) is 0 Å². The first kappa shape index (κ1) is 13.5. The van der Waals surface area contributed by atoms with E-state index in [4.69, 9.17) is 0 Å². The molecule has 0 spiro atoms. The second-order valence-corrected chi connectivity index (χ2v) is 4.69. The zero-order chi connectivity index (χ0) is 13.3. The largest absolute Gasteiger partial charge is 0.508 e. The number of aromatic hydroxyl groups is 1. The maximum atomic E-state index is 11.3. The van der Waals surface area contributed by atoms with Crippen LogP contribution in [0.2, 0.25) is 0 Å². The van der Waals surface area contributed by atoms with Crippen LogP contribution in [-0.4, -0.2) is 21.3 Å². The third-order valence-electron chi connectivity index (χ3n) is 3.43. The van der Waals surface area contributed by atoms with E-state index in [0.29, 0.717) is 5.56 Å². The summed E-state index contributed by atoms with van der Waals surface area (Å²) >= 11 is 0. The number of aliphatic hydroxyl groups is 1. The van der Waals surface area contributed by atoms with E-state index in [1.54, 1.807) is 19.1 Å². The van der Waals surface area contributed by atoms with Gasteiger partial charge in [-0.25, -0.2) is 0 Å². The van der Waals surface area contributed by atoms with Gasteiger partial charge in [-0.1, -0.05) is 19.1 Å². The highest BCUT2D eigenvalue weighted by Crippen LogP contribution is 2.42. The molecule has 4 heteroatoms. The quantitative estimate of drug-likeness (QED) is 0.750. The monoisotopic (exact) mass is 238 g/mol. The molecule has 0 aromatic heterocycles. The normalized spacial score (nSPS) is 15.3. The van der Waals surface area contributed by atoms with E-state index in [-0.39, 0.29) is 12.2 Å². The highest BCUT2D eigenvalue weighted by atomic mass is 16.4. The molecule has 0 radical (unpaired) electrons. The molecule has 1 aromatic rings. The van der Waals surface area contributed by atoms with Gasteiger partial charge in [-0.2, -0.15) is 0 Å². The molecule has 0 amide bonds. The van der Waals surface area contributed by atoms with E-state index in [9.17, 15) is 20.1 Å². The topological polar surface area (TPSA) is 77.8 Å². The molecule has 0 aliphatic rings. The fourth-order valence-electron chi connectivity index (χ4n) is 1.92. The van der Waals surface area contributed by atoms with Crippen LogP contribution in [0.4, 0.5) is 0 Å². The van der Waals surface area contributed by atoms with Crippen LogP contribution in [-0.2, 0) is 10.4 Å². The molecule has 1 unspecified atom stereocenters. The summed E-state index contributed by atoms with van der Waals surface area (Å²) < 4.78 is 0. The Balaban J connectivity index is 3.30. The van der Waals surface area contributed by atoms with Gasteiger partial charge in [0, 0.05) is 0 Å². The average Bonchev–Trinajstić information content (AvgIpc) is 2.28. The van der Waals surface area contributed by atoms with Crippen LogP contribution in [0.5, 0.6) is 5.75 Å². The van der Waals surface area contributed by atoms with Gasteiger partial charge < -0.3 is 15.3 Å². The molecule has 0 aliphatic carbocycles. The summed E-state index contributed by atoms with van der Waals surface area (Å²) in [6, 6.07) is 5.97. The van der Waals surface area contributed by atoms with Crippen molar-refractivity contribution in [2.75, 3.05) is 0 Å². The maximum Gasteiger partial charge on any atom is 0.312 e. The lowest BCUT2D eigenvalue weighted by molar-refractivity contribution is -0.167. The van der Waals surface area contributed by atoms with Gasteiger partial charge in [-0.05, 0) is 38.0 Å². The molecule has 0 heterocycles. The fraction of sp³-hybridized carbons (Fsp3) is 0.462. The molecular weight excluding hydrogens is 220 g/mol. The van der Waals surface area contributed by atoms with Crippen molar-refractivity contribution >= 4 is 5.97 Å². The zero-order valence-electron chi connectivity index (χ0n) is 10.3. The molecule has 1 rings (SSSR count). The summed E-state index contributed by atoms with van der Waals surface area (Å²) in [4.78, 5) is 11.3. The Kier molecular flexibility index (Phi) is 3.48. The number of carboxylic acids is 1. The molecule has 0 aliphatic heterocycles. The van der Waals surface area contributed by atoms with Crippen LogP contribution in [0, 0.1) is 5.41 Å². The summed E-state index contributed by atoms with van der Waals surface area (Å²) in [5.74, 6) is -0.977. The Morgan fingerprint density at radius 2 is 1.71 bits per heavy atom. The van der Waals surface area contributed by atoms with Crippen LogP contribution < -0.4 is 0 Å². The van der Waals surface area contributed by atoms with E-state index < -0.39 is 17.0 Å². The second-order valence-electron chi connectivity index (χ2n) is 4.69. The van der Waals surface area contributed by atoms with E-state index in [0.717, 1.165) is 0 Å². The van der Waals surface area contributed by atoms with Gasteiger partial charge in [0.25, 0.3) is 0 Å². The lowest BCUT2D eigenvalue weighted by atomic mass is 9.69. The van der Waals surface area contributed by atoms with Crippen molar-refractivity contribution < 1.29 is 20.1 Å². The molecule has 0 bridgehead atoms. The molecule has 17 heavy (non-hydrogen) atoms. The molecule has 94 valence electrons. The minimum Gasteiger partial charge on any atom is -0.508 e. The lowest BCUT2D eigenvalue weighted by Gasteiger charge is -2.39. The Hall–Kier alpha value is -1.55. The van der Waals surface area contributed by atoms with Crippen molar-refractivity contribution in [3.05, 3.63) is 29.8 Å². The summed E-state index contributed by atoms with van der Waals surface area (Å²) in [7, 11) is 0. The molecule has 0 fully saturated rings. The minimum absolute atomic E-state index is 0.0836. The summed E-state index contributed by atoms with van der Waals surface area (Å²) in [5.41, 5.74) is -2.28. The Bertz CT molecular complexity index is 408. The number of hydrogen-bond donors (Lipinski definition) is 3. The first-order valence-electron chi connectivity index (χ1n) is 5.51. The van der Waals surface area contributed by atoms with Crippen molar-refractivity contribution in [1.82, 2.24) is 0 Å².